The number of ketones is 1. The highest BCUT2D eigenvalue weighted by atomic mass is 19.1. The van der Waals surface area contributed by atoms with Crippen LogP contribution in [0.5, 0.6) is 5.75 Å². The number of ether oxygens (including phenoxy) is 1. The van der Waals surface area contributed by atoms with Crippen LogP contribution in [0.15, 0.2) is 95.6 Å². The molecule has 1 aromatic heterocycles. The van der Waals surface area contributed by atoms with Gasteiger partial charge in [-0.05, 0) is 72.8 Å². The van der Waals surface area contributed by atoms with Gasteiger partial charge in [-0.3, -0.25) is 14.4 Å². The molecule has 4 rings (SSSR count). The predicted molar refractivity (Wildman–Crippen MR) is 131 cm³/mol. The number of benzene rings is 3. The average molecular weight is 486 g/mol. The first-order valence-electron chi connectivity index (χ1n) is 11.1. The van der Waals surface area contributed by atoms with E-state index in [1.165, 1.54) is 35.4 Å². The lowest BCUT2D eigenvalue weighted by Crippen LogP contribution is -2.33. The van der Waals surface area contributed by atoms with E-state index in [9.17, 15) is 18.8 Å². The molecule has 3 aromatic carbocycles. The van der Waals surface area contributed by atoms with Crippen LogP contribution >= 0.6 is 0 Å². The Hall–Kier alpha value is -4.72. The van der Waals surface area contributed by atoms with Gasteiger partial charge >= 0.3 is 0 Å². The second kappa shape index (κ2) is 11.1. The molecule has 0 aliphatic rings. The quantitative estimate of drug-likeness (QED) is 0.349. The summed E-state index contributed by atoms with van der Waals surface area (Å²) >= 11 is 0. The number of para-hydroxylation sites is 1. The van der Waals surface area contributed by atoms with Crippen LogP contribution in [0, 0.1) is 5.82 Å². The largest absolute Gasteiger partial charge is 0.484 e. The van der Waals surface area contributed by atoms with Crippen molar-refractivity contribution in [3.63, 3.8) is 0 Å². The Morgan fingerprint density at radius 3 is 2.22 bits per heavy atom. The van der Waals surface area contributed by atoms with Crippen molar-refractivity contribution in [3.8, 4) is 5.75 Å². The van der Waals surface area contributed by atoms with Crippen LogP contribution in [-0.4, -0.2) is 31.3 Å². The molecule has 1 N–H and O–H groups in total. The van der Waals surface area contributed by atoms with Crippen LogP contribution in [0.2, 0.25) is 0 Å². The molecular formula is C28H23FN2O5. The van der Waals surface area contributed by atoms with Crippen molar-refractivity contribution in [1.82, 2.24) is 5.32 Å². The number of rotatable bonds is 9. The number of carbonyl (C=O) groups is 3. The number of nitrogens with one attached hydrogen (secondary N) is 1. The standard InChI is InChI=1S/C28H23FN2O5/c1-31(25-7-3-2-6-24(25)28(34)30-17-23-5-4-16-35-23)26(32)18-36-22-14-10-20(11-15-22)27(33)19-8-12-21(29)13-9-19/h2-16H,17-18H2,1H3,(H,30,34). The first-order chi connectivity index (χ1) is 17.4. The number of furan rings is 1. The van der Waals surface area contributed by atoms with Gasteiger partial charge in [-0.1, -0.05) is 12.1 Å². The molecule has 0 aliphatic heterocycles. The van der Waals surface area contributed by atoms with Gasteiger partial charge < -0.3 is 19.4 Å². The number of anilines is 1. The van der Waals surface area contributed by atoms with Crippen molar-refractivity contribution in [2.45, 2.75) is 6.54 Å². The Morgan fingerprint density at radius 1 is 0.889 bits per heavy atom. The summed E-state index contributed by atoms with van der Waals surface area (Å²) in [5.41, 5.74) is 1.55. The van der Waals surface area contributed by atoms with Crippen molar-refractivity contribution in [3.05, 3.63) is 119 Å². The highest BCUT2D eigenvalue weighted by Crippen LogP contribution is 2.21. The third-order valence-corrected chi connectivity index (χ3v) is 5.47. The Balaban J connectivity index is 1.36. The van der Waals surface area contributed by atoms with E-state index in [-0.39, 0.29) is 30.7 Å². The number of nitrogens with zero attached hydrogens (tertiary/aromatic N) is 1. The molecule has 0 saturated heterocycles. The zero-order valence-electron chi connectivity index (χ0n) is 19.4. The molecule has 7 nitrogen and oxygen atoms in total. The van der Waals surface area contributed by atoms with E-state index >= 15 is 0 Å². The van der Waals surface area contributed by atoms with Crippen molar-refractivity contribution in [2.75, 3.05) is 18.6 Å². The number of amides is 2. The van der Waals surface area contributed by atoms with Gasteiger partial charge in [0.2, 0.25) is 0 Å². The van der Waals surface area contributed by atoms with Gasteiger partial charge in [0, 0.05) is 18.2 Å². The van der Waals surface area contributed by atoms with Crippen molar-refractivity contribution < 1.29 is 27.9 Å². The third-order valence-electron chi connectivity index (χ3n) is 5.47. The van der Waals surface area contributed by atoms with Crippen LogP contribution in [0.3, 0.4) is 0 Å². The lowest BCUT2D eigenvalue weighted by Gasteiger charge is -2.20. The maximum atomic E-state index is 13.1. The maximum absolute atomic E-state index is 13.1. The maximum Gasteiger partial charge on any atom is 0.264 e. The van der Waals surface area contributed by atoms with Crippen LogP contribution < -0.4 is 15.0 Å². The zero-order valence-corrected chi connectivity index (χ0v) is 19.4. The van der Waals surface area contributed by atoms with E-state index in [1.807, 2.05) is 0 Å². The average Bonchev–Trinajstić information content (AvgIpc) is 3.44. The van der Waals surface area contributed by atoms with Crippen LogP contribution in [-0.2, 0) is 11.3 Å². The normalized spacial score (nSPS) is 10.5. The van der Waals surface area contributed by atoms with Crippen LogP contribution in [0.25, 0.3) is 0 Å². The Bertz CT molecular complexity index is 1350. The summed E-state index contributed by atoms with van der Waals surface area (Å²) in [5, 5.41) is 2.77. The van der Waals surface area contributed by atoms with Crippen molar-refractivity contribution in [2.24, 2.45) is 0 Å². The van der Waals surface area contributed by atoms with Gasteiger partial charge in [-0.2, -0.15) is 0 Å². The van der Waals surface area contributed by atoms with E-state index in [0.717, 1.165) is 0 Å². The first-order valence-corrected chi connectivity index (χ1v) is 11.1. The molecule has 0 aliphatic carbocycles. The first kappa shape index (κ1) is 24.4. The number of carbonyl (C=O) groups excluding carboxylic acids is 3. The molecule has 1 heterocycles. The second-order valence-corrected chi connectivity index (χ2v) is 7.88. The smallest absolute Gasteiger partial charge is 0.264 e. The minimum atomic E-state index is -0.415. The molecule has 36 heavy (non-hydrogen) atoms. The number of halogens is 1. The molecular weight excluding hydrogens is 463 g/mol. The molecule has 8 heteroatoms. The summed E-state index contributed by atoms with van der Waals surface area (Å²) in [4.78, 5) is 39.4. The summed E-state index contributed by atoms with van der Waals surface area (Å²) in [6, 6.07) is 21.9. The van der Waals surface area contributed by atoms with Gasteiger partial charge in [0.25, 0.3) is 11.8 Å². The summed E-state index contributed by atoms with van der Waals surface area (Å²) in [5.74, 6) is -0.362. The molecule has 0 bridgehead atoms. The molecule has 0 radical (unpaired) electrons. The van der Waals surface area contributed by atoms with E-state index in [2.05, 4.69) is 5.32 Å². The van der Waals surface area contributed by atoms with Crippen LogP contribution in [0.1, 0.15) is 32.0 Å². The van der Waals surface area contributed by atoms with Crippen molar-refractivity contribution in [1.29, 1.82) is 0 Å². The highest BCUT2D eigenvalue weighted by molar-refractivity contribution is 6.09. The number of hydrogen-bond acceptors (Lipinski definition) is 5. The van der Waals surface area contributed by atoms with Gasteiger partial charge in [-0.25, -0.2) is 4.39 Å². The summed E-state index contributed by atoms with van der Waals surface area (Å²) in [7, 11) is 1.56. The molecule has 2 amide bonds. The third kappa shape index (κ3) is 5.85. The molecule has 0 spiro atoms. The van der Waals surface area contributed by atoms with Crippen molar-refractivity contribution >= 4 is 23.3 Å². The second-order valence-electron chi connectivity index (χ2n) is 7.88. The molecule has 0 atom stereocenters. The molecule has 4 aromatic rings. The molecule has 0 fully saturated rings. The Kier molecular flexibility index (Phi) is 7.55. The summed E-state index contributed by atoms with van der Waals surface area (Å²) in [6.45, 7) is -0.0509. The molecule has 182 valence electrons. The van der Waals surface area contributed by atoms with E-state index < -0.39 is 5.82 Å². The fourth-order valence-electron chi connectivity index (χ4n) is 3.48. The topological polar surface area (TPSA) is 88.8 Å². The predicted octanol–water partition coefficient (Wildman–Crippen LogP) is 4.62. The monoisotopic (exact) mass is 486 g/mol. The van der Waals surface area contributed by atoms with Gasteiger partial charge in [0.15, 0.2) is 12.4 Å². The number of likely N-dealkylation sites (N-methyl/N-ethyl adjacent to an activating group) is 1. The van der Waals surface area contributed by atoms with Gasteiger partial charge in [-0.15, -0.1) is 0 Å². The zero-order chi connectivity index (χ0) is 25.5. The van der Waals surface area contributed by atoms with Gasteiger partial charge in [0.05, 0.1) is 24.1 Å². The highest BCUT2D eigenvalue weighted by Gasteiger charge is 2.19. The fraction of sp³-hybridized carbons (Fsp3) is 0.107. The minimum Gasteiger partial charge on any atom is -0.484 e. The van der Waals surface area contributed by atoms with E-state index in [0.29, 0.717) is 33.9 Å². The molecule has 0 saturated carbocycles. The molecule has 0 unspecified atom stereocenters. The van der Waals surface area contributed by atoms with Crippen LogP contribution in [0.4, 0.5) is 10.1 Å². The Morgan fingerprint density at radius 2 is 1.56 bits per heavy atom. The van der Waals surface area contributed by atoms with E-state index in [4.69, 9.17) is 9.15 Å². The van der Waals surface area contributed by atoms with E-state index in [1.54, 1.807) is 67.7 Å². The lowest BCUT2D eigenvalue weighted by atomic mass is 10.0. The Labute approximate surface area is 207 Å². The summed E-state index contributed by atoms with van der Waals surface area (Å²) in [6.07, 6.45) is 1.53. The fourth-order valence-corrected chi connectivity index (χ4v) is 3.48. The lowest BCUT2D eigenvalue weighted by molar-refractivity contribution is -0.120. The summed E-state index contributed by atoms with van der Waals surface area (Å²) < 4.78 is 23.9. The minimum absolute atomic E-state index is 0.223. The SMILES string of the molecule is CN(C(=O)COc1ccc(C(=O)c2ccc(F)cc2)cc1)c1ccccc1C(=O)NCc1ccco1. The van der Waals surface area contributed by atoms with Gasteiger partial charge in [0.1, 0.15) is 17.3 Å². The number of hydrogen-bond donors (Lipinski definition) is 1.